The van der Waals surface area contributed by atoms with Crippen LogP contribution in [0.5, 0.6) is 0 Å². The topological polar surface area (TPSA) is 41.9 Å². The second-order valence-electron chi connectivity index (χ2n) is 4.24. The molecule has 0 aliphatic heterocycles. The number of aryl methyl sites for hydroxylation is 1. The Morgan fingerprint density at radius 1 is 1.47 bits per heavy atom. The predicted octanol–water partition coefficient (Wildman–Crippen LogP) is 0.652. The molecule has 0 atom stereocenters. The van der Waals surface area contributed by atoms with Gasteiger partial charge in [0.25, 0.3) is 0 Å². The normalized spacial score (nSPS) is 15.8. The molecule has 2 N–H and O–H groups in total. The molecule has 4 heteroatoms. The maximum absolute atomic E-state index is 4.31. The van der Waals surface area contributed by atoms with Crippen LogP contribution in [-0.2, 0) is 13.6 Å². The molecule has 0 bridgehead atoms. The van der Waals surface area contributed by atoms with Crippen LogP contribution in [0.15, 0.2) is 12.3 Å². The van der Waals surface area contributed by atoms with Gasteiger partial charge in [-0.25, -0.2) is 0 Å². The van der Waals surface area contributed by atoms with Gasteiger partial charge in [-0.2, -0.15) is 5.10 Å². The number of aromatic nitrogens is 2. The van der Waals surface area contributed by atoms with E-state index in [2.05, 4.69) is 21.8 Å². The van der Waals surface area contributed by atoms with Crippen LogP contribution in [-0.4, -0.2) is 28.9 Å². The van der Waals surface area contributed by atoms with E-state index in [0.29, 0.717) is 0 Å². The molecule has 84 valence electrons. The Balaban J connectivity index is 1.47. The highest BCUT2D eigenvalue weighted by molar-refractivity contribution is 4.97. The lowest BCUT2D eigenvalue weighted by Gasteiger charge is -2.03. The smallest absolute Gasteiger partial charge is 0.0762 e. The van der Waals surface area contributed by atoms with E-state index in [0.717, 1.165) is 31.4 Å². The molecule has 0 unspecified atom stereocenters. The number of hydrogen-bond acceptors (Lipinski definition) is 3. The van der Waals surface area contributed by atoms with Crippen LogP contribution in [0.25, 0.3) is 0 Å². The molecule has 1 aliphatic carbocycles. The Labute approximate surface area is 91.1 Å². The lowest BCUT2D eigenvalue weighted by Crippen LogP contribution is -2.23. The average Bonchev–Trinajstić information content (AvgIpc) is 2.95. The fourth-order valence-corrected chi connectivity index (χ4v) is 1.58. The molecule has 1 fully saturated rings. The maximum atomic E-state index is 4.31. The molecule has 0 spiro atoms. The summed E-state index contributed by atoms with van der Waals surface area (Å²) >= 11 is 0. The highest BCUT2D eigenvalue weighted by Crippen LogP contribution is 2.18. The second kappa shape index (κ2) is 5.28. The zero-order chi connectivity index (χ0) is 10.5. The Hall–Kier alpha value is -0.870. The summed E-state index contributed by atoms with van der Waals surface area (Å²) in [6.07, 6.45) is 5.93. The Morgan fingerprint density at radius 3 is 3.00 bits per heavy atom. The fourth-order valence-electron chi connectivity index (χ4n) is 1.58. The van der Waals surface area contributed by atoms with Gasteiger partial charge in [-0.1, -0.05) is 0 Å². The molecule has 2 rings (SSSR count). The van der Waals surface area contributed by atoms with E-state index in [4.69, 9.17) is 0 Å². The molecule has 1 saturated carbocycles. The average molecular weight is 208 g/mol. The lowest BCUT2D eigenvalue weighted by atomic mass is 10.4. The van der Waals surface area contributed by atoms with E-state index >= 15 is 0 Å². The zero-order valence-corrected chi connectivity index (χ0v) is 9.37. The largest absolute Gasteiger partial charge is 0.314 e. The van der Waals surface area contributed by atoms with Gasteiger partial charge >= 0.3 is 0 Å². The lowest BCUT2D eigenvalue weighted by molar-refractivity contribution is 0.585. The van der Waals surface area contributed by atoms with Gasteiger partial charge in [0.1, 0.15) is 0 Å². The van der Waals surface area contributed by atoms with Crippen molar-refractivity contribution in [3.8, 4) is 0 Å². The van der Waals surface area contributed by atoms with Gasteiger partial charge in [0.15, 0.2) is 0 Å². The van der Waals surface area contributed by atoms with Crippen LogP contribution in [0.4, 0.5) is 0 Å². The van der Waals surface area contributed by atoms with Gasteiger partial charge in [-0.15, -0.1) is 0 Å². The minimum Gasteiger partial charge on any atom is -0.314 e. The Morgan fingerprint density at radius 2 is 2.33 bits per heavy atom. The third kappa shape index (κ3) is 4.01. The minimum absolute atomic E-state index is 0.834. The summed E-state index contributed by atoms with van der Waals surface area (Å²) in [5, 5.41) is 11.2. The van der Waals surface area contributed by atoms with Crippen LogP contribution in [0.1, 0.15) is 25.0 Å². The van der Waals surface area contributed by atoms with E-state index in [1.54, 1.807) is 0 Å². The van der Waals surface area contributed by atoms with Gasteiger partial charge in [0, 0.05) is 25.8 Å². The minimum atomic E-state index is 0.834. The number of nitrogens with one attached hydrogen (secondary N) is 2. The van der Waals surface area contributed by atoms with E-state index in [9.17, 15) is 0 Å². The van der Waals surface area contributed by atoms with E-state index in [-0.39, 0.29) is 0 Å². The molecule has 4 nitrogen and oxygen atoms in total. The van der Waals surface area contributed by atoms with Crippen molar-refractivity contribution in [1.29, 1.82) is 0 Å². The van der Waals surface area contributed by atoms with Crippen molar-refractivity contribution in [2.75, 3.05) is 13.1 Å². The van der Waals surface area contributed by atoms with Gasteiger partial charge in [0.2, 0.25) is 0 Å². The van der Waals surface area contributed by atoms with Gasteiger partial charge in [-0.05, 0) is 38.4 Å². The third-order valence-electron chi connectivity index (χ3n) is 2.62. The summed E-state index contributed by atoms with van der Waals surface area (Å²) in [4.78, 5) is 0. The first-order valence-corrected chi connectivity index (χ1v) is 5.77. The van der Waals surface area contributed by atoms with Gasteiger partial charge < -0.3 is 10.6 Å². The molecule has 1 aromatic rings. The van der Waals surface area contributed by atoms with Crippen molar-refractivity contribution in [3.63, 3.8) is 0 Å². The molecule has 1 aliphatic rings. The van der Waals surface area contributed by atoms with Crippen molar-refractivity contribution < 1.29 is 0 Å². The molecule has 1 heterocycles. The summed E-state index contributed by atoms with van der Waals surface area (Å²) in [6, 6.07) is 2.89. The predicted molar refractivity (Wildman–Crippen MR) is 60.6 cm³/mol. The number of hydrogen-bond donors (Lipinski definition) is 2. The summed E-state index contributed by atoms with van der Waals surface area (Å²) in [7, 11) is 1.95. The highest BCUT2D eigenvalue weighted by Gasteiger charge is 2.19. The van der Waals surface area contributed by atoms with Crippen LogP contribution >= 0.6 is 0 Å². The van der Waals surface area contributed by atoms with E-state index in [1.807, 2.05) is 17.9 Å². The van der Waals surface area contributed by atoms with Crippen LogP contribution in [0, 0.1) is 0 Å². The molecule has 15 heavy (non-hydrogen) atoms. The monoisotopic (exact) mass is 208 g/mol. The molecule has 0 aromatic carbocycles. The first-order valence-electron chi connectivity index (χ1n) is 5.77. The molecule has 0 amide bonds. The first kappa shape index (κ1) is 10.6. The Bertz CT molecular complexity index is 291. The highest BCUT2D eigenvalue weighted by atomic mass is 15.3. The summed E-state index contributed by atoms with van der Waals surface area (Å²) in [5.41, 5.74) is 1.12. The van der Waals surface area contributed by atoms with Crippen molar-refractivity contribution in [2.45, 2.75) is 31.8 Å². The standard InChI is InChI=1S/C11H20N4/c1-15-8-5-11(14-15)9-12-6-2-7-13-10-3-4-10/h5,8,10,12-13H,2-4,6-7,9H2,1H3. The van der Waals surface area contributed by atoms with E-state index < -0.39 is 0 Å². The maximum Gasteiger partial charge on any atom is 0.0762 e. The van der Waals surface area contributed by atoms with E-state index in [1.165, 1.54) is 19.3 Å². The molecule has 1 aromatic heterocycles. The Kier molecular flexibility index (Phi) is 3.75. The number of nitrogens with zero attached hydrogens (tertiary/aromatic N) is 2. The molecule has 0 saturated heterocycles. The zero-order valence-electron chi connectivity index (χ0n) is 9.37. The van der Waals surface area contributed by atoms with Crippen molar-refractivity contribution in [1.82, 2.24) is 20.4 Å². The van der Waals surface area contributed by atoms with Crippen molar-refractivity contribution >= 4 is 0 Å². The third-order valence-corrected chi connectivity index (χ3v) is 2.62. The van der Waals surface area contributed by atoms with Crippen molar-refractivity contribution in [3.05, 3.63) is 18.0 Å². The second-order valence-corrected chi connectivity index (χ2v) is 4.24. The molecular weight excluding hydrogens is 188 g/mol. The quantitative estimate of drug-likeness (QED) is 0.647. The number of rotatable bonds is 7. The first-order chi connectivity index (χ1) is 7.34. The van der Waals surface area contributed by atoms with Gasteiger partial charge in [0.05, 0.1) is 5.69 Å². The van der Waals surface area contributed by atoms with Crippen LogP contribution in [0.3, 0.4) is 0 Å². The van der Waals surface area contributed by atoms with Crippen molar-refractivity contribution in [2.24, 2.45) is 7.05 Å². The molecular formula is C11H20N4. The summed E-state index contributed by atoms with van der Waals surface area (Å²) < 4.78 is 1.84. The summed E-state index contributed by atoms with van der Waals surface area (Å²) in [5.74, 6) is 0. The van der Waals surface area contributed by atoms with Crippen LogP contribution < -0.4 is 10.6 Å². The SMILES string of the molecule is Cn1ccc(CNCCCNC2CC2)n1. The van der Waals surface area contributed by atoms with Crippen LogP contribution in [0.2, 0.25) is 0 Å². The molecule has 0 radical (unpaired) electrons. The van der Waals surface area contributed by atoms with Gasteiger partial charge in [-0.3, -0.25) is 4.68 Å². The summed E-state index contributed by atoms with van der Waals surface area (Å²) in [6.45, 7) is 3.08. The fraction of sp³-hybridized carbons (Fsp3) is 0.727.